The van der Waals surface area contributed by atoms with E-state index in [-0.39, 0.29) is 61.2 Å². The lowest BCUT2D eigenvalue weighted by atomic mass is 9.82. The molecule has 0 aliphatic carbocycles. The number of benzene rings is 4. The van der Waals surface area contributed by atoms with Crippen molar-refractivity contribution in [1.82, 2.24) is 4.90 Å². The van der Waals surface area contributed by atoms with E-state index in [0.29, 0.717) is 43.7 Å². The molecule has 3 fully saturated rings. The van der Waals surface area contributed by atoms with Crippen LogP contribution in [-0.4, -0.2) is 81.2 Å². The predicted molar refractivity (Wildman–Crippen MR) is 230 cm³/mol. The van der Waals surface area contributed by atoms with Crippen molar-refractivity contribution in [1.29, 1.82) is 0 Å². The van der Waals surface area contributed by atoms with Crippen molar-refractivity contribution >= 4 is 54.0 Å². The molecule has 1 spiro atoms. The van der Waals surface area contributed by atoms with Gasteiger partial charge in [-0.3, -0.25) is 19.2 Å². The van der Waals surface area contributed by atoms with E-state index < -0.39 is 19.8 Å². The van der Waals surface area contributed by atoms with Gasteiger partial charge in [0.05, 0.1) is 46.5 Å². The van der Waals surface area contributed by atoms with E-state index in [9.17, 15) is 19.5 Å². The molecule has 0 aromatic heterocycles. The summed E-state index contributed by atoms with van der Waals surface area (Å²) < 4.78 is 12.9. The summed E-state index contributed by atoms with van der Waals surface area (Å²) in [5.41, 5.74) is 3.12. The van der Waals surface area contributed by atoms with Gasteiger partial charge in [0.1, 0.15) is 5.75 Å². The average Bonchev–Trinajstić information content (AvgIpc) is 4.00. The number of carbonyl (C=O) groups excluding carboxylic acids is 4. The molecule has 11 nitrogen and oxygen atoms in total. The highest BCUT2D eigenvalue weighted by atomic mass is 28.3. The second kappa shape index (κ2) is 16.4. The first-order valence-electron chi connectivity index (χ1n) is 20.9. The van der Waals surface area contributed by atoms with Crippen LogP contribution in [-0.2, 0) is 42.6 Å². The number of anilines is 3. The maximum atomic E-state index is 15.6. The number of aliphatic hydroxyl groups excluding tert-OH is 1. The summed E-state index contributed by atoms with van der Waals surface area (Å²) in [5.74, 6) is 0.148. The Morgan fingerprint density at radius 3 is 2.15 bits per heavy atom. The molecule has 4 aromatic rings. The number of hydrogen-bond acceptors (Lipinski definition) is 7. The van der Waals surface area contributed by atoms with Crippen LogP contribution in [0.4, 0.5) is 17.1 Å². The molecular weight excluding hydrogens is 761 g/mol. The van der Waals surface area contributed by atoms with Crippen LogP contribution in [0.3, 0.4) is 0 Å². The first-order chi connectivity index (χ1) is 28.5. The summed E-state index contributed by atoms with van der Waals surface area (Å²) in [6.45, 7) is 8.49. The largest absolute Gasteiger partial charge is 0.497 e. The standard InChI is InChI=1S/C47H54N4O7Si/c1-32-45(59(3,4)38-20-18-37(57-2)19-21-38)41(29-44(55)48(25-26-52)30-33-11-6-5-7-12-33)58-47(32)39-28-36(50-24-10-16-43(50)54)17-22-40(39)51(46(47)56)31-34-13-8-14-35(27-34)49-23-9-15-42(49)53/h5-8,11-14,17-22,27-28,32,41,45,52H,9-10,15-16,23-26,29-31H2,1-4H3/t32-,41+,45-,47+/m1/s1. The van der Waals surface area contributed by atoms with Crippen molar-refractivity contribution < 1.29 is 33.8 Å². The second-order valence-electron chi connectivity index (χ2n) is 16.9. The van der Waals surface area contributed by atoms with Gasteiger partial charge in [-0.2, -0.15) is 0 Å². The van der Waals surface area contributed by atoms with E-state index in [1.165, 1.54) is 0 Å². The third-order valence-corrected chi connectivity index (χ3v) is 17.5. The van der Waals surface area contributed by atoms with E-state index in [1.54, 1.807) is 21.8 Å². The van der Waals surface area contributed by atoms with Crippen LogP contribution in [0.2, 0.25) is 18.6 Å². The van der Waals surface area contributed by atoms with Gasteiger partial charge >= 0.3 is 0 Å². The van der Waals surface area contributed by atoms with Crippen LogP contribution in [0.1, 0.15) is 55.7 Å². The van der Waals surface area contributed by atoms with Gasteiger partial charge in [0.15, 0.2) is 5.60 Å². The van der Waals surface area contributed by atoms with Gasteiger partial charge in [-0.1, -0.05) is 79.8 Å². The van der Waals surface area contributed by atoms with E-state index in [0.717, 1.165) is 46.3 Å². The van der Waals surface area contributed by atoms with Crippen molar-refractivity contribution in [2.75, 3.05) is 48.1 Å². The minimum absolute atomic E-state index is 0.0228. The Hall–Kier alpha value is -5.30. The Kier molecular flexibility index (Phi) is 11.2. The van der Waals surface area contributed by atoms with E-state index in [1.807, 2.05) is 89.8 Å². The summed E-state index contributed by atoms with van der Waals surface area (Å²) in [6.07, 6.45) is 1.94. The molecule has 12 heteroatoms. The highest BCUT2D eigenvalue weighted by Gasteiger charge is 2.66. The SMILES string of the molecule is COc1ccc([Si](C)(C)[C@H]2[C@H](CC(=O)N(CCO)Cc3ccccc3)O[C@@]3(C(=O)N(Cc4cccc(N5CCCC5=O)c4)c4ccc(N5CCCC5=O)cc43)[C@@H]2C)cc1. The first kappa shape index (κ1) is 40.5. The molecule has 0 unspecified atom stereocenters. The molecule has 4 aromatic carbocycles. The molecule has 308 valence electrons. The third kappa shape index (κ3) is 7.36. The molecule has 0 radical (unpaired) electrons. The molecule has 4 aliphatic heterocycles. The van der Waals surface area contributed by atoms with Crippen LogP contribution in [0.25, 0.3) is 0 Å². The summed E-state index contributed by atoms with van der Waals surface area (Å²) in [6, 6.07) is 31.5. The van der Waals surface area contributed by atoms with Crippen molar-refractivity contribution in [3.05, 3.63) is 114 Å². The van der Waals surface area contributed by atoms with Gasteiger partial charge in [-0.25, -0.2) is 0 Å². The fourth-order valence-corrected chi connectivity index (χ4v) is 14.2. The molecular formula is C47H54N4O7Si. The highest BCUT2D eigenvalue weighted by molar-refractivity contribution is 6.91. The zero-order valence-corrected chi connectivity index (χ0v) is 35.4. The zero-order valence-electron chi connectivity index (χ0n) is 34.4. The van der Waals surface area contributed by atoms with Crippen LogP contribution < -0.4 is 24.6 Å². The summed E-state index contributed by atoms with van der Waals surface area (Å²) >= 11 is 0. The Bertz CT molecular complexity index is 2230. The smallest absolute Gasteiger partial charge is 0.264 e. The monoisotopic (exact) mass is 814 g/mol. The Labute approximate surface area is 347 Å². The molecule has 1 N–H and O–H groups in total. The number of hydrogen-bond donors (Lipinski definition) is 1. The van der Waals surface area contributed by atoms with Gasteiger partial charge in [0, 0.05) is 61.9 Å². The topological polar surface area (TPSA) is 120 Å². The quantitative estimate of drug-likeness (QED) is 0.162. The normalized spacial score (nSPS) is 22.8. The second-order valence-corrected chi connectivity index (χ2v) is 21.6. The molecule has 4 atom stereocenters. The number of fused-ring (bicyclic) bond motifs is 2. The Morgan fingerprint density at radius 1 is 0.864 bits per heavy atom. The minimum Gasteiger partial charge on any atom is -0.497 e. The van der Waals surface area contributed by atoms with E-state index in [4.69, 9.17) is 9.47 Å². The van der Waals surface area contributed by atoms with Crippen molar-refractivity contribution in [2.45, 2.75) is 82.5 Å². The zero-order chi connectivity index (χ0) is 41.5. The number of ether oxygens (including phenoxy) is 2. The molecule has 4 heterocycles. The number of amides is 4. The van der Waals surface area contributed by atoms with E-state index >= 15 is 4.79 Å². The number of aliphatic hydroxyl groups is 1. The van der Waals surface area contributed by atoms with Crippen LogP contribution in [0, 0.1) is 5.92 Å². The number of rotatable bonds is 13. The molecule has 3 saturated heterocycles. The summed E-state index contributed by atoms with van der Waals surface area (Å²) in [5, 5.41) is 11.3. The minimum atomic E-state index is -2.60. The Morgan fingerprint density at radius 2 is 1.53 bits per heavy atom. The lowest BCUT2D eigenvalue weighted by molar-refractivity contribution is -0.150. The maximum absolute atomic E-state index is 15.6. The van der Waals surface area contributed by atoms with Gasteiger partial charge in [0.25, 0.3) is 5.91 Å². The number of carbonyl (C=O) groups is 4. The molecule has 8 rings (SSSR count). The van der Waals surface area contributed by atoms with Crippen LogP contribution >= 0.6 is 0 Å². The number of nitrogens with zero attached hydrogens (tertiary/aromatic N) is 4. The van der Waals surface area contributed by atoms with Crippen LogP contribution in [0.15, 0.2) is 97.1 Å². The Balaban J connectivity index is 1.22. The fourth-order valence-electron chi connectivity index (χ4n) is 10.2. The van der Waals surface area contributed by atoms with Gasteiger partial charge < -0.3 is 34.2 Å². The number of methoxy groups -OCH3 is 1. The van der Waals surface area contributed by atoms with Gasteiger partial charge in [0.2, 0.25) is 17.7 Å². The van der Waals surface area contributed by atoms with Crippen molar-refractivity contribution in [2.24, 2.45) is 5.92 Å². The van der Waals surface area contributed by atoms with Crippen molar-refractivity contribution in [3.8, 4) is 5.75 Å². The molecule has 59 heavy (non-hydrogen) atoms. The maximum Gasteiger partial charge on any atom is 0.264 e. The lowest BCUT2D eigenvalue weighted by Gasteiger charge is -2.37. The molecule has 0 saturated carbocycles. The van der Waals surface area contributed by atoms with Crippen molar-refractivity contribution in [3.63, 3.8) is 0 Å². The summed E-state index contributed by atoms with van der Waals surface area (Å²) in [4.78, 5) is 63.1. The fraction of sp³-hybridized carbons (Fsp3) is 0.404. The predicted octanol–water partition coefficient (Wildman–Crippen LogP) is 6.12. The van der Waals surface area contributed by atoms with Gasteiger partial charge in [-0.15, -0.1) is 0 Å². The molecule has 4 aliphatic rings. The average molecular weight is 815 g/mol. The van der Waals surface area contributed by atoms with Gasteiger partial charge in [-0.05, 0) is 72.0 Å². The lowest BCUT2D eigenvalue weighted by Crippen LogP contribution is -2.52. The molecule has 0 bridgehead atoms. The highest BCUT2D eigenvalue weighted by Crippen LogP contribution is 2.60. The summed E-state index contributed by atoms with van der Waals surface area (Å²) in [7, 11) is -0.952. The van der Waals surface area contributed by atoms with Crippen LogP contribution in [0.5, 0.6) is 5.75 Å². The van der Waals surface area contributed by atoms with E-state index in [2.05, 4.69) is 32.2 Å². The molecule has 4 amide bonds. The third-order valence-electron chi connectivity index (χ3n) is 13.2. The first-order valence-corrected chi connectivity index (χ1v) is 23.9.